The van der Waals surface area contributed by atoms with Crippen LogP contribution in [0.15, 0.2) is 5.11 Å². The Morgan fingerprint density at radius 1 is 1.70 bits per heavy atom. The van der Waals surface area contributed by atoms with Gasteiger partial charge in [0.05, 0.1) is 6.54 Å². The van der Waals surface area contributed by atoms with Gasteiger partial charge in [0.2, 0.25) is 0 Å². The monoisotopic (exact) mass is 139 g/mol. The molecule has 4 heteroatoms. The number of hydrogen-bond acceptors (Lipinski definition) is 2. The van der Waals surface area contributed by atoms with Crippen LogP contribution in [-0.2, 0) is 4.79 Å². The summed E-state index contributed by atoms with van der Waals surface area (Å²) < 4.78 is 0. The molecule has 0 aromatic rings. The summed E-state index contributed by atoms with van der Waals surface area (Å²) in [7, 11) is 0. The molecule has 0 N–H and O–H groups in total. The van der Waals surface area contributed by atoms with Crippen LogP contribution in [0.3, 0.4) is 0 Å². The summed E-state index contributed by atoms with van der Waals surface area (Å²) in [6.07, 6.45) is 3.12. The molecule has 0 saturated heterocycles. The molecule has 0 aliphatic heterocycles. The lowest BCUT2D eigenvalue weighted by molar-refractivity contribution is -0.123. The topological polar surface area (TPSA) is 65.8 Å². The zero-order valence-electron chi connectivity index (χ0n) is 5.66. The molecule has 0 aromatic carbocycles. The third-order valence-corrected chi connectivity index (χ3v) is 1.85. The van der Waals surface area contributed by atoms with Crippen LogP contribution < -0.4 is 0 Å². The minimum atomic E-state index is 0.0428. The van der Waals surface area contributed by atoms with Crippen molar-refractivity contribution in [3.8, 4) is 0 Å². The zero-order valence-corrected chi connectivity index (χ0v) is 5.66. The molecule has 1 rings (SSSR count). The molecule has 10 heavy (non-hydrogen) atoms. The largest absolute Gasteiger partial charge is 0.299 e. The van der Waals surface area contributed by atoms with E-state index >= 15 is 0 Å². The Bertz CT molecular complexity index is 179. The van der Waals surface area contributed by atoms with E-state index in [1.807, 2.05) is 0 Å². The first kappa shape index (κ1) is 7.09. The molecule has 0 atom stereocenters. The van der Waals surface area contributed by atoms with Gasteiger partial charge in [0, 0.05) is 10.8 Å². The van der Waals surface area contributed by atoms with Gasteiger partial charge in [0.15, 0.2) is 0 Å². The van der Waals surface area contributed by atoms with Crippen LogP contribution in [0.1, 0.15) is 19.3 Å². The van der Waals surface area contributed by atoms with Crippen LogP contribution >= 0.6 is 0 Å². The van der Waals surface area contributed by atoms with E-state index in [-0.39, 0.29) is 18.2 Å². The van der Waals surface area contributed by atoms with Gasteiger partial charge in [-0.15, -0.1) is 0 Å². The summed E-state index contributed by atoms with van der Waals surface area (Å²) >= 11 is 0. The molecule has 0 heterocycles. The Kier molecular flexibility index (Phi) is 2.29. The summed E-state index contributed by atoms with van der Waals surface area (Å²) in [5.74, 6) is 0.301. The fourth-order valence-corrected chi connectivity index (χ4v) is 0.961. The van der Waals surface area contributed by atoms with Crippen LogP contribution in [0.5, 0.6) is 0 Å². The van der Waals surface area contributed by atoms with Gasteiger partial charge in [0.25, 0.3) is 0 Å². The molecule has 0 aromatic heterocycles. The molecule has 1 aliphatic carbocycles. The maximum absolute atomic E-state index is 10.9. The molecule has 54 valence electrons. The fourth-order valence-electron chi connectivity index (χ4n) is 0.961. The lowest BCUT2D eigenvalue weighted by atomic mass is 9.82. The summed E-state index contributed by atoms with van der Waals surface area (Å²) in [6.45, 7) is 0.0428. The quantitative estimate of drug-likeness (QED) is 0.333. The van der Waals surface area contributed by atoms with E-state index in [2.05, 4.69) is 10.0 Å². The van der Waals surface area contributed by atoms with Gasteiger partial charge >= 0.3 is 0 Å². The first-order valence-corrected chi connectivity index (χ1v) is 3.38. The first-order valence-electron chi connectivity index (χ1n) is 3.38. The van der Waals surface area contributed by atoms with Gasteiger partial charge in [0.1, 0.15) is 5.78 Å². The molecular formula is C6H9N3O. The van der Waals surface area contributed by atoms with Crippen molar-refractivity contribution in [2.24, 2.45) is 11.0 Å². The van der Waals surface area contributed by atoms with Crippen LogP contribution in [0.25, 0.3) is 10.4 Å². The predicted molar refractivity (Wildman–Crippen MR) is 36.4 cm³/mol. The van der Waals surface area contributed by atoms with Crippen molar-refractivity contribution < 1.29 is 4.79 Å². The van der Waals surface area contributed by atoms with Crippen LogP contribution in [-0.4, -0.2) is 12.3 Å². The highest BCUT2D eigenvalue weighted by Crippen LogP contribution is 2.26. The van der Waals surface area contributed by atoms with Gasteiger partial charge in [-0.25, -0.2) is 0 Å². The normalized spacial score (nSPS) is 17.2. The average Bonchev–Trinajstić information content (AvgIpc) is 1.79. The number of azide groups is 1. The highest BCUT2D eigenvalue weighted by Gasteiger charge is 2.23. The molecule has 0 bridgehead atoms. The zero-order chi connectivity index (χ0) is 7.40. The van der Waals surface area contributed by atoms with Crippen molar-refractivity contribution in [2.45, 2.75) is 19.3 Å². The maximum atomic E-state index is 10.9. The molecule has 1 aliphatic rings. The standard InChI is InChI=1S/C6H9N3O/c7-9-8-4-6(10)5-2-1-3-5/h5H,1-4H2. The molecule has 0 spiro atoms. The number of hydrogen-bond donors (Lipinski definition) is 0. The van der Waals surface area contributed by atoms with E-state index < -0.39 is 0 Å². The molecule has 0 amide bonds. The van der Waals surface area contributed by atoms with Crippen molar-refractivity contribution in [3.63, 3.8) is 0 Å². The van der Waals surface area contributed by atoms with E-state index in [0.29, 0.717) is 0 Å². The summed E-state index contributed by atoms with van der Waals surface area (Å²) in [5.41, 5.74) is 7.89. The SMILES string of the molecule is [N-]=[N+]=NCC(=O)C1CCC1. The van der Waals surface area contributed by atoms with Gasteiger partial charge in [-0.05, 0) is 18.4 Å². The van der Waals surface area contributed by atoms with Gasteiger partial charge in [-0.2, -0.15) is 0 Å². The molecule has 1 saturated carbocycles. The summed E-state index contributed by atoms with van der Waals surface area (Å²) in [4.78, 5) is 13.4. The molecule has 1 fully saturated rings. The van der Waals surface area contributed by atoms with Crippen molar-refractivity contribution in [1.29, 1.82) is 0 Å². The second-order valence-corrected chi connectivity index (χ2v) is 2.48. The van der Waals surface area contributed by atoms with Gasteiger partial charge < -0.3 is 0 Å². The van der Waals surface area contributed by atoms with Crippen molar-refractivity contribution in [3.05, 3.63) is 10.4 Å². The Balaban J connectivity index is 2.26. The third kappa shape index (κ3) is 1.48. The van der Waals surface area contributed by atoms with E-state index in [0.717, 1.165) is 19.3 Å². The fraction of sp³-hybridized carbons (Fsp3) is 0.833. The third-order valence-electron chi connectivity index (χ3n) is 1.85. The number of ketones is 1. The smallest absolute Gasteiger partial charge is 0.141 e. The minimum absolute atomic E-state index is 0.0428. The number of rotatable bonds is 3. The Morgan fingerprint density at radius 2 is 2.40 bits per heavy atom. The summed E-state index contributed by atoms with van der Waals surface area (Å²) in [6, 6.07) is 0. The number of carbonyl (C=O) groups is 1. The van der Waals surface area contributed by atoms with Crippen LogP contribution in [0.4, 0.5) is 0 Å². The van der Waals surface area contributed by atoms with E-state index in [1.54, 1.807) is 0 Å². The highest BCUT2D eigenvalue weighted by atomic mass is 16.1. The van der Waals surface area contributed by atoms with Crippen molar-refractivity contribution in [2.75, 3.05) is 6.54 Å². The van der Waals surface area contributed by atoms with E-state index in [9.17, 15) is 4.79 Å². The van der Waals surface area contributed by atoms with Gasteiger partial charge in [-0.3, -0.25) is 4.79 Å². The van der Waals surface area contributed by atoms with Crippen molar-refractivity contribution >= 4 is 5.78 Å². The number of nitrogens with zero attached hydrogens (tertiary/aromatic N) is 3. The molecule has 0 unspecified atom stereocenters. The van der Waals surface area contributed by atoms with Crippen molar-refractivity contribution in [1.82, 2.24) is 0 Å². The summed E-state index contributed by atoms with van der Waals surface area (Å²) in [5, 5.41) is 3.21. The predicted octanol–water partition coefficient (Wildman–Crippen LogP) is 1.67. The number of carbonyl (C=O) groups excluding carboxylic acids is 1. The second kappa shape index (κ2) is 3.22. The van der Waals surface area contributed by atoms with E-state index in [4.69, 9.17) is 5.53 Å². The second-order valence-electron chi connectivity index (χ2n) is 2.48. The first-order chi connectivity index (χ1) is 4.84. The Morgan fingerprint density at radius 3 is 2.80 bits per heavy atom. The lowest BCUT2D eigenvalue weighted by Crippen LogP contribution is -2.23. The van der Waals surface area contributed by atoms with Crippen LogP contribution in [0.2, 0.25) is 0 Å². The lowest BCUT2D eigenvalue weighted by Gasteiger charge is -2.22. The highest BCUT2D eigenvalue weighted by molar-refractivity contribution is 5.83. The molecule has 0 radical (unpaired) electrons. The Hall–Kier alpha value is -1.02. The maximum Gasteiger partial charge on any atom is 0.141 e. The van der Waals surface area contributed by atoms with E-state index in [1.165, 1.54) is 0 Å². The molecule has 4 nitrogen and oxygen atoms in total. The molecular weight excluding hydrogens is 130 g/mol. The minimum Gasteiger partial charge on any atom is -0.299 e. The van der Waals surface area contributed by atoms with Crippen LogP contribution in [0, 0.1) is 5.92 Å². The Labute approximate surface area is 58.9 Å². The average molecular weight is 139 g/mol. The number of Topliss-reactive ketones (excluding diaryl/α,β-unsaturated/α-hetero) is 1. The van der Waals surface area contributed by atoms with Gasteiger partial charge in [-0.1, -0.05) is 11.5 Å².